The molecule has 2 rings (SSSR count). The van der Waals surface area contributed by atoms with Gasteiger partial charge in [-0.3, -0.25) is 10.1 Å². The number of benzene rings is 1. The number of carboxylic acids is 1. The summed E-state index contributed by atoms with van der Waals surface area (Å²) in [7, 11) is 0. The molecule has 19 heavy (non-hydrogen) atoms. The highest BCUT2D eigenvalue weighted by molar-refractivity contribution is 5.72. The van der Waals surface area contributed by atoms with Gasteiger partial charge < -0.3 is 9.52 Å². The summed E-state index contributed by atoms with van der Waals surface area (Å²) in [6, 6.07) is 9.03. The lowest BCUT2D eigenvalue weighted by atomic mass is 10.1. The van der Waals surface area contributed by atoms with E-state index in [9.17, 15) is 9.18 Å². The van der Waals surface area contributed by atoms with E-state index in [4.69, 9.17) is 9.52 Å². The highest BCUT2D eigenvalue weighted by atomic mass is 19.1. The largest absolute Gasteiger partial charge is 0.480 e. The molecule has 0 radical (unpaired) electrons. The Morgan fingerprint density at radius 2 is 2.11 bits per heavy atom. The van der Waals surface area contributed by atoms with E-state index in [2.05, 4.69) is 5.32 Å². The number of furan rings is 1. The number of hydrogen-bond acceptors (Lipinski definition) is 3. The van der Waals surface area contributed by atoms with E-state index in [-0.39, 0.29) is 12.4 Å². The van der Waals surface area contributed by atoms with Gasteiger partial charge in [0.05, 0.1) is 12.1 Å². The van der Waals surface area contributed by atoms with Crippen molar-refractivity contribution in [1.82, 2.24) is 5.32 Å². The molecular weight excluding hydrogens is 249 g/mol. The molecule has 0 aliphatic carbocycles. The lowest BCUT2D eigenvalue weighted by Crippen LogP contribution is -2.32. The smallest absolute Gasteiger partial charge is 0.320 e. The molecule has 0 bridgehead atoms. The van der Waals surface area contributed by atoms with Crippen molar-refractivity contribution in [3.63, 3.8) is 0 Å². The molecule has 0 fully saturated rings. The number of halogens is 1. The summed E-state index contributed by atoms with van der Waals surface area (Å²) in [5.41, 5.74) is 0.389. The second-order valence-electron chi connectivity index (χ2n) is 4.19. The lowest BCUT2D eigenvalue weighted by molar-refractivity contribution is -0.139. The summed E-state index contributed by atoms with van der Waals surface area (Å²) >= 11 is 0. The van der Waals surface area contributed by atoms with Crippen molar-refractivity contribution < 1.29 is 18.7 Å². The number of carbonyl (C=O) groups is 1. The topological polar surface area (TPSA) is 62.5 Å². The highest BCUT2D eigenvalue weighted by Crippen LogP contribution is 2.24. The van der Waals surface area contributed by atoms with Gasteiger partial charge in [0, 0.05) is 0 Å². The monoisotopic (exact) mass is 263 g/mol. The maximum absolute atomic E-state index is 13.6. The molecule has 0 saturated heterocycles. The van der Waals surface area contributed by atoms with E-state index in [1.54, 1.807) is 37.3 Å². The van der Waals surface area contributed by atoms with Gasteiger partial charge in [0.15, 0.2) is 0 Å². The fourth-order valence-electron chi connectivity index (χ4n) is 1.62. The fourth-order valence-corrected chi connectivity index (χ4v) is 1.62. The number of hydrogen-bond donors (Lipinski definition) is 2. The van der Waals surface area contributed by atoms with Gasteiger partial charge in [-0.2, -0.15) is 0 Å². The van der Waals surface area contributed by atoms with Crippen LogP contribution in [0.2, 0.25) is 0 Å². The zero-order valence-corrected chi connectivity index (χ0v) is 10.4. The van der Waals surface area contributed by atoms with Gasteiger partial charge in [-0.1, -0.05) is 12.1 Å². The first kappa shape index (κ1) is 13.3. The molecule has 2 N–H and O–H groups in total. The lowest BCUT2D eigenvalue weighted by Gasteiger charge is -2.06. The van der Waals surface area contributed by atoms with E-state index in [0.717, 1.165) is 0 Å². The predicted molar refractivity (Wildman–Crippen MR) is 68.0 cm³/mol. The number of carboxylic acid groups (broad SMARTS) is 1. The Balaban J connectivity index is 2.08. The maximum Gasteiger partial charge on any atom is 0.320 e. The molecule has 1 aromatic carbocycles. The molecule has 0 unspecified atom stereocenters. The van der Waals surface area contributed by atoms with Gasteiger partial charge in [0.1, 0.15) is 23.4 Å². The Morgan fingerprint density at radius 1 is 1.37 bits per heavy atom. The molecular formula is C14H14FNO3. The summed E-state index contributed by atoms with van der Waals surface area (Å²) in [5.74, 6) is -0.291. The van der Waals surface area contributed by atoms with Crippen molar-refractivity contribution in [3.8, 4) is 11.3 Å². The summed E-state index contributed by atoms with van der Waals surface area (Å²) < 4.78 is 19.0. The second kappa shape index (κ2) is 5.67. The van der Waals surface area contributed by atoms with E-state index >= 15 is 0 Å². The first-order chi connectivity index (χ1) is 9.08. The third-order valence-electron chi connectivity index (χ3n) is 2.75. The van der Waals surface area contributed by atoms with Crippen LogP contribution >= 0.6 is 0 Å². The van der Waals surface area contributed by atoms with Crippen LogP contribution in [0.25, 0.3) is 11.3 Å². The average molecular weight is 263 g/mol. The first-order valence-electron chi connectivity index (χ1n) is 5.87. The van der Waals surface area contributed by atoms with Crippen LogP contribution in [0.1, 0.15) is 12.7 Å². The van der Waals surface area contributed by atoms with Crippen LogP contribution in [0.5, 0.6) is 0 Å². The normalized spacial score (nSPS) is 12.3. The van der Waals surface area contributed by atoms with Crippen LogP contribution in [0.4, 0.5) is 4.39 Å². The Bertz CT molecular complexity index is 580. The second-order valence-corrected chi connectivity index (χ2v) is 4.19. The molecule has 0 aliphatic rings. The van der Waals surface area contributed by atoms with Gasteiger partial charge in [-0.25, -0.2) is 4.39 Å². The van der Waals surface area contributed by atoms with Crippen molar-refractivity contribution in [1.29, 1.82) is 0 Å². The van der Waals surface area contributed by atoms with Crippen molar-refractivity contribution >= 4 is 5.97 Å². The van der Waals surface area contributed by atoms with Gasteiger partial charge in [-0.15, -0.1) is 0 Å². The molecule has 1 atom stereocenters. The minimum atomic E-state index is -0.930. The van der Waals surface area contributed by atoms with Crippen LogP contribution in [0.15, 0.2) is 40.8 Å². The molecule has 5 heteroatoms. The van der Waals surface area contributed by atoms with Gasteiger partial charge >= 0.3 is 5.97 Å². The standard InChI is InChI=1S/C14H14FNO3/c1-9(14(17)18)16-8-10-6-7-13(19-10)11-4-2-3-5-12(11)15/h2-7,9,16H,8H2,1H3,(H,17,18)/t9-/m0/s1. The summed E-state index contributed by atoms with van der Waals surface area (Å²) in [6.07, 6.45) is 0. The third kappa shape index (κ3) is 3.20. The van der Waals surface area contributed by atoms with Crippen molar-refractivity contribution in [3.05, 3.63) is 48.0 Å². The summed E-state index contributed by atoms with van der Waals surface area (Å²) in [6.45, 7) is 1.82. The maximum atomic E-state index is 13.6. The minimum absolute atomic E-state index is 0.280. The Hall–Kier alpha value is -2.14. The minimum Gasteiger partial charge on any atom is -0.480 e. The van der Waals surface area contributed by atoms with Gasteiger partial charge in [-0.05, 0) is 31.2 Å². The van der Waals surface area contributed by atoms with Crippen LogP contribution in [-0.4, -0.2) is 17.1 Å². The summed E-state index contributed by atoms with van der Waals surface area (Å²) in [4.78, 5) is 10.6. The molecule has 4 nitrogen and oxygen atoms in total. The van der Waals surface area contributed by atoms with Crippen LogP contribution < -0.4 is 5.32 Å². The quantitative estimate of drug-likeness (QED) is 0.870. The Kier molecular flexibility index (Phi) is 3.97. The Morgan fingerprint density at radius 3 is 2.79 bits per heavy atom. The van der Waals surface area contributed by atoms with E-state index in [1.165, 1.54) is 6.07 Å². The van der Waals surface area contributed by atoms with Crippen LogP contribution in [-0.2, 0) is 11.3 Å². The van der Waals surface area contributed by atoms with E-state index in [1.807, 2.05) is 0 Å². The van der Waals surface area contributed by atoms with Crippen molar-refractivity contribution in [2.45, 2.75) is 19.5 Å². The predicted octanol–water partition coefficient (Wildman–Crippen LogP) is 2.65. The van der Waals surface area contributed by atoms with Crippen molar-refractivity contribution in [2.75, 3.05) is 0 Å². The number of rotatable bonds is 5. The SMILES string of the molecule is C[C@H](NCc1ccc(-c2ccccc2F)o1)C(=O)O. The molecule has 0 saturated carbocycles. The van der Waals surface area contributed by atoms with Crippen LogP contribution in [0, 0.1) is 5.82 Å². The van der Waals surface area contributed by atoms with E-state index in [0.29, 0.717) is 17.1 Å². The third-order valence-corrected chi connectivity index (χ3v) is 2.75. The molecule has 100 valence electrons. The zero-order chi connectivity index (χ0) is 13.8. The van der Waals surface area contributed by atoms with Gasteiger partial charge in [0.25, 0.3) is 0 Å². The molecule has 1 aromatic heterocycles. The average Bonchev–Trinajstić information content (AvgIpc) is 2.85. The fraction of sp³-hybridized carbons (Fsp3) is 0.214. The molecule has 0 spiro atoms. The highest BCUT2D eigenvalue weighted by Gasteiger charge is 2.12. The van der Waals surface area contributed by atoms with Crippen LogP contribution in [0.3, 0.4) is 0 Å². The van der Waals surface area contributed by atoms with Gasteiger partial charge in [0.2, 0.25) is 0 Å². The number of nitrogens with one attached hydrogen (secondary N) is 1. The van der Waals surface area contributed by atoms with E-state index < -0.39 is 12.0 Å². The first-order valence-corrected chi connectivity index (χ1v) is 5.87. The molecule has 0 aliphatic heterocycles. The molecule has 0 amide bonds. The van der Waals surface area contributed by atoms with Crippen molar-refractivity contribution in [2.24, 2.45) is 0 Å². The Labute approximate surface area is 109 Å². The zero-order valence-electron chi connectivity index (χ0n) is 10.4. The molecule has 1 heterocycles. The summed E-state index contributed by atoms with van der Waals surface area (Å²) in [5, 5.41) is 11.5. The number of aliphatic carboxylic acids is 1. The molecule has 2 aromatic rings.